The number of rotatable bonds is 0. The second-order valence-corrected chi connectivity index (χ2v) is 4.00. The molecule has 0 fully saturated rings. The summed E-state index contributed by atoms with van der Waals surface area (Å²) in [6, 6.07) is 5.40. The lowest BCUT2D eigenvalue weighted by atomic mass is 10.0. The van der Waals surface area contributed by atoms with Crippen LogP contribution in [0.4, 0.5) is 0 Å². The van der Waals surface area contributed by atoms with Crippen LogP contribution in [0.25, 0.3) is 0 Å². The first-order valence-electron chi connectivity index (χ1n) is 5.23. The lowest BCUT2D eigenvalue weighted by molar-refractivity contribution is -0.129. The molecule has 80 valence electrons. The molecule has 1 aromatic carbocycles. The fraction of sp³-hybridized carbons (Fsp3) is 0.417. The highest BCUT2D eigenvalue weighted by atomic mass is 16.3. The van der Waals surface area contributed by atoms with Crippen molar-refractivity contribution in [2.24, 2.45) is 0 Å². The average Bonchev–Trinajstić information content (AvgIpc) is 2.39. The molecule has 1 aliphatic heterocycles. The molecule has 0 spiro atoms. The van der Waals surface area contributed by atoms with Gasteiger partial charge in [0.05, 0.1) is 0 Å². The van der Waals surface area contributed by atoms with Crippen LogP contribution in [0.5, 0.6) is 5.75 Å². The number of aromatic hydroxyl groups is 1. The molecule has 1 aliphatic rings. The molecule has 15 heavy (non-hydrogen) atoms. The Morgan fingerprint density at radius 2 is 2.20 bits per heavy atom. The van der Waals surface area contributed by atoms with Crippen molar-refractivity contribution >= 4 is 5.91 Å². The van der Waals surface area contributed by atoms with Crippen LogP contribution in [-0.4, -0.2) is 22.5 Å². The number of benzene rings is 1. The first-order valence-corrected chi connectivity index (χ1v) is 5.23. The summed E-state index contributed by atoms with van der Waals surface area (Å²) < 4.78 is 0. The van der Waals surface area contributed by atoms with E-state index in [4.69, 9.17) is 0 Å². The lowest BCUT2D eigenvalue weighted by Gasteiger charge is -2.18. The molecule has 0 bridgehead atoms. The van der Waals surface area contributed by atoms with Gasteiger partial charge in [0.1, 0.15) is 5.75 Å². The maximum absolute atomic E-state index is 11.3. The number of aryl methyl sites for hydroxylation is 1. The van der Waals surface area contributed by atoms with E-state index in [2.05, 4.69) is 0 Å². The Morgan fingerprint density at radius 3 is 2.93 bits per heavy atom. The molecule has 0 unspecified atom stereocenters. The summed E-state index contributed by atoms with van der Waals surface area (Å²) in [6.45, 7) is 3.08. The quantitative estimate of drug-likeness (QED) is 0.700. The van der Waals surface area contributed by atoms with E-state index in [0.29, 0.717) is 12.3 Å². The van der Waals surface area contributed by atoms with Crippen molar-refractivity contribution in [2.45, 2.75) is 26.3 Å². The minimum Gasteiger partial charge on any atom is -0.508 e. The van der Waals surface area contributed by atoms with E-state index in [0.717, 1.165) is 24.9 Å². The van der Waals surface area contributed by atoms with E-state index in [-0.39, 0.29) is 5.91 Å². The predicted molar refractivity (Wildman–Crippen MR) is 57.5 cm³/mol. The maximum Gasteiger partial charge on any atom is 0.219 e. The highest BCUT2D eigenvalue weighted by molar-refractivity contribution is 5.73. The third-order valence-corrected chi connectivity index (χ3v) is 2.87. The molecule has 0 aromatic heterocycles. The molecular weight excluding hydrogens is 190 g/mol. The molecular formula is C12H15NO2. The average molecular weight is 205 g/mol. The number of carbonyl (C=O) groups is 1. The van der Waals surface area contributed by atoms with Crippen LogP contribution in [0.1, 0.15) is 24.5 Å². The summed E-state index contributed by atoms with van der Waals surface area (Å²) in [4.78, 5) is 13.2. The molecule has 1 N–H and O–H groups in total. The molecule has 0 atom stereocenters. The van der Waals surface area contributed by atoms with E-state index in [1.165, 1.54) is 5.56 Å². The van der Waals surface area contributed by atoms with Gasteiger partial charge in [-0.15, -0.1) is 0 Å². The van der Waals surface area contributed by atoms with Gasteiger partial charge in [0.15, 0.2) is 0 Å². The van der Waals surface area contributed by atoms with Crippen LogP contribution < -0.4 is 0 Å². The maximum atomic E-state index is 11.3. The van der Waals surface area contributed by atoms with E-state index in [1.54, 1.807) is 19.1 Å². The Morgan fingerprint density at radius 1 is 1.40 bits per heavy atom. The topological polar surface area (TPSA) is 40.5 Å². The van der Waals surface area contributed by atoms with Gasteiger partial charge in [-0.2, -0.15) is 0 Å². The van der Waals surface area contributed by atoms with Crippen LogP contribution in [0.15, 0.2) is 18.2 Å². The van der Waals surface area contributed by atoms with Crippen molar-refractivity contribution in [1.82, 2.24) is 4.90 Å². The third kappa shape index (κ3) is 2.12. The van der Waals surface area contributed by atoms with Gasteiger partial charge in [0, 0.05) is 20.0 Å². The highest BCUT2D eigenvalue weighted by Crippen LogP contribution is 2.22. The lowest BCUT2D eigenvalue weighted by Crippen LogP contribution is -2.28. The molecule has 1 amide bonds. The number of phenolic OH excluding ortho intramolecular Hbond substituents is 1. The summed E-state index contributed by atoms with van der Waals surface area (Å²) in [7, 11) is 0. The zero-order valence-corrected chi connectivity index (χ0v) is 8.86. The van der Waals surface area contributed by atoms with E-state index < -0.39 is 0 Å². The molecule has 1 aromatic rings. The summed E-state index contributed by atoms with van der Waals surface area (Å²) in [6.07, 6.45) is 1.91. The number of fused-ring (bicyclic) bond motifs is 1. The second-order valence-electron chi connectivity index (χ2n) is 4.00. The molecule has 0 radical (unpaired) electrons. The minimum atomic E-state index is 0.121. The zero-order valence-electron chi connectivity index (χ0n) is 8.86. The fourth-order valence-electron chi connectivity index (χ4n) is 2.01. The number of hydrogen-bond donors (Lipinski definition) is 1. The Kier molecular flexibility index (Phi) is 2.62. The van der Waals surface area contributed by atoms with Crippen LogP contribution >= 0.6 is 0 Å². The van der Waals surface area contributed by atoms with Gasteiger partial charge in [-0.3, -0.25) is 4.79 Å². The molecule has 3 nitrogen and oxygen atoms in total. The van der Waals surface area contributed by atoms with Crippen molar-refractivity contribution in [2.75, 3.05) is 6.54 Å². The number of hydrogen-bond acceptors (Lipinski definition) is 2. The van der Waals surface area contributed by atoms with Gasteiger partial charge in [0.25, 0.3) is 0 Å². The molecule has 3 heteroatoms. The number of nitrogens with zero attached hydrogens (tertiary/aromatic N) is 1. The summed E-state index contributed by atoms with van der Waals surface area (Å²) in [5, 5.41) is 9.37. The van der Waals surface area contributed by atoms with Crippen molar-refractivity contribution < 1.29 is 9.90 Å². The summed E-state index contributed by atoms with van der Waals surface area (Å²) in [5.41, 5.74) is 2.32. The Hall–Kier alpha value is -1.51. The fourth-order valence-corrected chi connectivity index (χ4v) is 2.01. The largest absolute Gasteiger partial charge is 0.508 e. The van der Waals surface area contributed by atoms with Crippen molar-refractivity contribution in [3.63, 3.8) is 0 Å². The zero-order chi connectivity index (χ0) is 10.8. The Balaban J connectivity index is 2.29. The number of carbonyl (C=O) groups excluding carboxylic acids is 1. The normalized spacial score (nSPS) is 15.7. The second kappa shape index (κ2) is 3.93. The van der Waals surface area contributed by atoms with Crippen LogP contribution in [0.2, 0.25) is 0 Å². The van der Waals surface area contributed by atoms with E-state index >= 15 is 0 Å². The summed E-state index contributed by atoms with van der Waals surface area (Å²) >= 11 is 0. The van der Waals surface area contributed by atoms with Crippen LogP contribution in [0, 0.1) is 0 Å². The van der Waals surface area contributed by atoms with E-state index in [1.807, 2.05) is 11.0 Å². The number of phenols is 1. The van der Waals surface area contributed by atoms with Gasteiger partial charge in [-0.05, 0) is 36.1 Å². The number of amides is 1. The van der Waals surface area contributed by atoms with Gasteiger partial charge in [0.2, 0.25) is 5.91 Å². The standard InChI is InChI=1S/C12H15NO2/c1-9(14)13-6-2-3-10-7-12(15)5-4-11(10)8-13/h4-5,7,15H,2-3,6,8H2,1H3. The minimum absolute atomic E-state index is 0.121. The van der Waals surface area contributed by atoms with E-state index in [9.17, 15) is 9.90 Å². The van der Waals surface area contributed by atoms with Gasteiger partial charge in [-0.1, -0.05) is 6.07 Å². The highest BCUT2D eigenvalue weighted by Gasteiger charge is 2.16. The van der Waals surface area contributed by atoms with Crippen molar-refractivity contribution in [3.8, 4) is 5.75 Å². The molecule has 1 heterocycles. The summed E-state index contributed by atoms with van der Waals surface area (Å²) in [5.74, 6) is 0.431. The monoisotopic (exact) mass is 205 g/mol. The first-order chi connectivity index (χ1) is 7.16. The first kappa shape index (κ1) is 10.0. The smallest absolute Gasteiger partial charge is 0.219 e. The third-order valence-electron chi connectivity index (χ3n) is 2.87. The Bertz CT molecular complexity index is 387. The van der Waals surface area contributed by atoms with Gasteiger partial charge in [-0.25, -0.2) is 0 Å². The molecule has 0 aliphatic carbocycles. The molecule has 0 saturated heterocycles. The van der Waals surface area contributed by atoms with Gasteiger partial charge < -0.3 is 10.0 Å². The van der Waals surface area contributed by atoms with Crippen molar-refractivity contribution in [1.29, 1.82) is 0 Å². The molecule has 2 rings (SSSR count). The van der Waals surface area contributed by atoms with Crippen LogP contribution in [-0.2, 0) is 17.8 Å². The van der Waals surface area contributed by atoms with Crippen LogP contribution in [0.3, 0.4) is 0 Å². The SMILES string of the molecule is CC(=O)N1CCCc2cc(O)ccc2C1. The van der Waals surface area contributed by atoms with Gasteiger partial charge >= 0.3 is 0 Å². The molecule has 0 saturated carbocycles. The predicted octanol–water partition coefficient (Wildman–Crippen LogP) is 1.69. The Labute approximate surface area is 89.3 Å². The van der Waals surface area contributed by atoms with Crippen molar-refractivity contribution in [3.05, 3.63) is 29.3 Å².